The molecule has 1 heterocycles. The van der Waals surface area contributed by atoms with Crippen LogP contribution in [0.15, 0.2) is 42.5 Å². The summed E-state index contributed by atoms with van der Waals surface area (Å²) < 4.78 is 26.7. The average Bonchev–Trinajstić information content (AvgIpc) is 3.03. The number of amides is 2. The first-order chi connectivity index (χ1) is 12.5. The van der Waals surface area contributed by atoms with Gasteiger partial charge in [0, 0.05) is 43.4 Å². The minimum absolute atomic E-state index is 0.124. The van der Waals surface area contributed by atoms with Gasteiger partial charge >= 0.3 is 0 Å². The van der Waals surface area contributed by atoms with Gasteiger partial charge in [0.15, 0.2) is 11.6 Å². The number of rotatable bonds is 5. The Labute approximate surface area is 151 Å². The van der Waals surface area contributed by atoms with Crippen LogP contribution in [0.1, 0.15) is 35.7 Å². The Balaban J connectivity index is 1.82. The molecule has 136 valence electrons. The Bertz CT molecular complexity index is 838. The topological polar surface area (TPSA) is 40.6 Å². The van der Waals surface area contributed by atoms with Gasteiger partial charge in [-0.3, -0.25) is 9.59 Å². The van der Waals surface area contributed by atoms with Gasteiger partial charge in [0.2, 0.25) is 5.91 Å². The van der Waals surface area contributed by atoms with E-state index in [-0.39, 0.29) is 11.8 Å². The first-order valence-electron chi connectivity index (χ1n) is 8.63. The van der Waals surface area contributed by atoms with Crippen LogP contribution >= 0.6 is 0 Å². The molecule has 6 heteroatoms. The maximum Gasteiger partial charge on any atom is 0.258 e. The number of anilines is 1. The number of hydrogen-bond acceptors (Lipinski definition) is 2. The minimum Gasteiger partial charge on any atom is -0.338 e. The van der Waals surface area contributed by atoms with Crippen molar-refractivity contribution >= 4 is 17.5 Å². The van der Waals surface area contributed by atoms with Crippen LogP contribution in [0, 0.1) is 11.6 Å². The van der Waals surface area contributed by atoms with Crippen molar-refractivity contribution in [3.8, 4) is 0 Å². The van der Waals surface area contributed by atoms with Gasteiger partial charge in [-0.1, -0.05) is 12.1 Å². The first kappa shape index (κ1) is 18.0. The third-order valence-electron chi connectivity index (χ3n) is 4.49. The molecular formula is C20H20F2N2O2. The summed E-state index contributed by atoms with van der Waals surface area (Å²) in [6, 6.07) is 10.5. The molecule has 2 aromatic rings. The Morgan fingerprint density at radius 1 is 1.15 bits per heavy atom. The van der Waals surface area contributed by atoms with Gasteiger partial charge in [0.1, 0.15) is 0 Å². The molecule has 0 saturated carbocycles. The molecule has 0 bridgehead atoms. The summed E-state index contributed by atoms with van der Waals surface area (Å²) >= 11 is 0. The van der Waals surface area contributed by atoms with Crippen molar-refractivity contribution in [2.75, 3.05) is 18.0 Å². The minimum atomic E-state index is -0.991. The molecule has 0 N–H and O–H groups in total. The predicted molar refractivity (Wildman–Crippen MR) is 94.8 cm³/mol. The lowest BCUT2D eigenvalue weighted by atomic mass is 10.1. The smallest absolute Gasteiger partial charge is 0.258 e. The maximum absolute atomic E-state index is 13.5. The highest BCUT2D eigenvalue weighted by Crippen LogP contribution is 2.21. The zero-order chi connectivity index (χ0) is 18.7. The Kier molecular flexibility index (Phi) is 5.30. The van der Waals surface area contributed by atoms with Crippen LogP contribution in [0.3, 0.4) is 0 Å². The molecule has 0 aromatic heterocycles. The zero-order valence-corrected chi connectivity index (χ0v) is 14.5. The summed E-state index contributed by atoms with van der Waals surface area (Å²) in [5, 5.41) is 0. The second kappa shape index (κ2) is 7.64. The van der Waals surface area contributed by atoms with Crippen LogP contribution in [0.2, 0.25) is 0 Å². The van der Waals surface area contributed by atoms with Gasteiger partial charge in [0.25, 0.3) is 5.91 Å². The molecule has 0 atom stereocenters. The summed E-state index contributed by atoms with van der Waals surface area (Å²) in [5.74, 6) is -2.11. The number of hydrogen-bond donors (Lipinski definition) is 0. The lowest BCUT2D eigenvalue weighted by molar-refractivity contribution is -0.128. The third kappa shape index (κ3) is 3.74. The quantitative estimate of drug-likeness (QED) is 0.817. The fourth-order valence-corrected chi connectivity index (χ4v) is 3.15. The summed E-state index contributed by atoms with van der Waals surface area (Å²) in [5.41, 5.74) is 1.62. The van der Waals surface area contributed by atoms with E-state index in [0.29, 0.717) is 30.8 Å². The summed E-state index contributed by atoms with van der Waals surface area (Å²) in [4.78, 5) is 27.8. The van der Waals surface area contributed by atoms with Gasteiger partial charge in [-0.25, -0.2) is 8.78 Å². The molecular weight excluding hydrogens is 338 g/mol. The molecule has 26 heavy (non-hydrogen) atoms. The van der Waals surface area contributed by atoms with Crippen LogP contribution in [0.5, 0.6) is 0 Å². The predicted octanol–water partition coefficient (Wildman–Crippen LogP) is 3.75. The molecule has 2 aromatic carbocycles. The number of carbonyl (C=O) groups is 2. The van der Waals surface area contributed by atoms with E-state index in [9.17, 15) is 18.4 Å². The van der Waals surface area contributed by atoms with E-state index in [1.807, 2.05) is 6.07 Å². The summed E-state index contributed by atoms with van der Waals surface area (Å²) in [6.07, 6.45) is 1.43. The zero-order valence-electron chi connectivity index (χ0n) is 14.5. The van der Waals surface area contributed by atoms with Crippen molar-refractivity contribution < 1.29 is 18.4 Å². The Morgan fingerprint density at radius 3 is 2.62 bits per heavy atom. The number of benzene rings is 2. The van der Waals surface area contributed by atoms with Crippen molar-refractivity contribution in [1.82, 2.24) is 4.90 Å². The van der Waals surface area contributed by atoms with Gasteiger partial charge < -0.3 is 9.80 Å². The largest absolute Gasteiger partial charge is 0.338 e. The lowest BCUT2D eigenvalue weighted by Gasteiger charge is -2.22. The second-order valence-corrected chi connectivity index (χ2v) is 6.27. The SMILES string of the molecule is CCN(C(=O)c1cccc(CN2CCCC2=O)c1)c1ccc(F)c(F)c1. The van der Waals surface area contributed by atoms with E-state index in [1.165, 1.54) is 11.0 Å². The number of nitrogens with zero attached hydrogens (tertiary/aromatic N) is 2. The van der Waals surface area contributed by atoms with Gasteiger partial charge in [-0.15, -0.1) is 0 Å². The molecule has 0 radical (unpaired) electrons. The molecule has 0 spiro atoms. The first-order valence-corrected chi connectivity index (χ1v) is 8.63. The van der Waals surface area contributed by atoms with Crippen LogP contribution in [-0.2, 0) is 11.3 Å². The van der Waals surface area contributed by atoms with Crippen LogP contribution in [0.4, 0.5) is 14.5 Å². The standard InChI is InChI=1S/C20H20F2N2O2/c1-2-24(16-8-9-17(21)18(22)12-16)20(26)15-6-3-5-14(11-15)13-23-10-4-7-19(23)25/h3,5-6,8-9,11-12H,2,4,7,10,13H2,1H3. The van der Waals surface area contributed by atoms with Crippen molar-refractivity contribution in [1.29, 1.82) is 0 Å². The van der Waals surface area contributed by atoms with E-state index in [1.54, 1.807) is 30.0 Å². The number of carbonyl (C=O) groups excluding carboxylic acids is 2. The highest BCUT2D eigenvalue weighted by Gasteiger charge is 2.21. The van der Waals surface area contributed by atoms with E-state index < -0.39 is 11.6 Å². The number of likely N-dealkylation sites (tertiary alicyclic amines) is 1. The van der Waals surface area contributed by atoms with Crippen LogP contribution in [-0.4, -0.2) is 29.8 Å². The highest BCUT2D eigenvalue weighted by atomic mass is 19.2. The molecule has 2 amide bonds. The fourth-order valence-electron chi connectivity index (χ4n) is 3.15. The summed E-state index contributed by atoms with van der Waals surface area (Å²) in [6.45, 7) is 3.29. The van der Waals surface area contributed by atoms with Crippen LogP contribution < -0.4 is 4.90 Å². The van der Waals surface area contributed by atoms with Crippen LogP contribution in [0.25, 0.3) is 0 Å². The molecule has 1 aliphatic heterocycles. The lowest BCUT2D eigenvalue weighted by Crippen LogP contribution is -2.31. The molecule has 3 rings (SSSR count). The molecule has 0 aliphatic carbocycles. The van der Waals surface area contributed by atoms with Crippen molar-refractivity contribution in [2.24, 2.45) is 0 Å². The molecule has 1 fully saturated rings. The van der Waals surface area contributed by atoms with Gasteiger partial charge in [-0.05, 0) is 43.2 Å². The number of halogens is 2. The normalized spacial score (nSPS) is 14.0. The van der Waals surface area contributed by atoms with Crippen molar-refractivity contribution in [2.45, 2.75) is 26.3 Å². The van der Waals surface area contributed by atoms with E-state index in [4.69, 9.17) is 0 Å². The third-order valence-corrected chi connectivity index (χ3v) is 4.49. The monoisotopic (exact) mass is 358 g/mol. The fraction of sp³-hybridized carbons (Fsp3) is 0.300. The molecule has 0 unspecified atom stereocenters. The molecule has 1 aliphatic rings. The maximum atomic E-state index is 13.5. The van der Waals surface area contributed by atoms with E-state index in [0.717, 1.165) is 30.7 Å². The van der Waals surface area contributed by atoms with E-state index in [2.05, 4.69) is 0 Å². The van der Waals surface area contributed by atoms with E-state index >= 15 is 0 Å². The van der Waals surface area contributed by atoms with Gasteiger partial charge in [0.05, 0.1) is 0 Å². The highest BCUT2D eigenvalue weighted by molar-refractivity contribution is 6.06. The van der Waals surface area contributed by atoms with Gasteiger partial charge in [-0.2, -0.15) is 0 Å². The Hall–Kier alpha value is -2.76. The van der Waals surface area contributed by atoms with Crippen molar-refractivity contribution in [3.63, 3.8) is 0 Å². The summed E-state index contributed by atoms with van der Waals surface area (Å²) in [7, 11) is 0. The average molecular weight is 358 g/mol. The second-order valence-electron chi connectivity index (χ2n) is 6.27. The molecule has 4 nitrogen and oxygen atoms in total. The van der Waals surface area contributed by atoms with Crippen molar-refractivity contribution in [3.05, 3.63) is 65.2 Å². The Morgan fingerprint density at radius 2 is 1.96 bits per heavy atom. The molecule has 1 saturated heterocycles.